The molecule has 0 aliphatic carbocycles. The van der Waals surface area contributed by atoms with Crippen LogP contribution in [0.15, 0.2) is 65.6 Å². The number of ether oxygens (including phenoxy) is 1. The fourth-order valence-corrected chi connectivity index (χ4v) is 4.37. The van der Waals surface area contributed by atoms with Crippen LogP contribution in [-0.2, 0) is 11.4 Å². The van der Waals surface area contributed by atoms with E-state index in [-0.39, 0.29) is 23.4 Å². The number of fused-ring (bicyclic) bond motifs is 1. The van der Waals surface area contributed by atoms with Crippen molar-refractivity contribution in [1.29, 1.82) is 0 Å². The topological polar surface area (TPSA) is 89.8 Å². The molecule has 4 rings (SSSR count). The van der Waals surface area contributed by atoms with Gasteiger partial charge >= 0.3 is 0 Å². The van der Waals surface area contributed by atoms with Gasteiger partial charge in [0.15, 0.2) is 0 Å². The van der Waals surface area contributed by atoms with E-state index < -0.39 is 4.92 Å². The number of nitro groups is 1. The molecule has 0 unspecified atom stereocenters. The van der Waals surface area contributed by atoms with Crippen molar-refractivity contribution >= 4 is 45.4 Å². The maximum atomic E-state index is 12.7. The SMILES string of the molecule is CCCN1C(=O)S/C(=C/c2c(OCc3cccc([N+](=O)[O-])c3)ccc3ccccc23)C1=O. The normalized spacial score (nSPS) is 15.0. The molecule has 0 atom stereocenters. The Morgan fingerprint density at radius 2 is 1.91 bits per heavy atom. The summed E-state index contributed by atoms with van der Waals surface area (Å²) in [6.45, 7) is 2.42. The molecule has 0 bridgehead atoms. The number of carbonyl (C=O) groups excluding carboxylic acids is 2. The minimum absolute atomic E-state index is 0.00515. The number of hydrogen-bond acceptors (Lipinski definition) is 6. The molecule has 1 aliphatic rings. The molecule has 3 aromatic carbocycles. The lowest BCUT2D eigenvalue weighted by atomic mass is 10.0. The number of non-ortho nitro benzene ring substituents is 1. The van der Waals surface area contributed by atoms with Crippen LogP contribution in [0.1, 0.15) is 24.5 Å². The van der Waals surface area contributed by atoms with Gasteiger partial charge in [-0.25, -0.2) is 0 Å². The molecule has 3 aromatic rings. The molecule has 0 saturated carbocycles. The number of nitro benzene ring substituents is 1. The van der Waals surface area contributed by atoms with Gasteiger partial charge in [-0.15, -0.1) is 0 Å². The van der Waals surface area contributed by atoms with Crippen molar-refractivity contribution in [3.63, 3.8) is 0 Å². The molecule has 0 radical (unpaired) electrons. The molecule has 1 aliphatic heterocycles. The predicted octanol–water partition coefficient (Wildman–Crippen LogP) is 5.77. The van der Waals surface area contributed by atoms with Crippen molar-refractivity contribution in [2.75, 3.05) is 6.54 Å². The monoisotopic (exact) mass is 448 g/mol. The maximum absolute atomic E-state index is 12.7. The summed E-state index contributed by atoms with van der Waals surface area (Å²) in [5.74, 6) is 0.219. The van der Waals surface area contributed by atoms with Crippen molar-refractivity contribution in [2.24, 2.45) is 0 Å². The van der Waals surface area contributed by atoms with Crippen molar-refractivity contribution < 1.29 is 19.2 Å². The standard InChI is InChI=1S/C24H20N2O5S/c1-2-12-25-23(27)22(32-24(25)28)14-20-19-9-4-3-7-17(19)10-11-21(20)31-15-16-6-5-8-18(13-16)26(29)30/h3-11,13-14H,2,12,15H2,1H3/b22-14+. The average molecular weight is 449 g/mol. The lowest BCUT2D eigenvalue weighted by molar-refractivity contribution is -0.384. The Morgan fingerprint density at radius 3 is 2.69 bits per heavy atom. The van der Waals surface area contributed by atoms with Crippen LogP contribution in [0.3, 0.4) is 0 Å². The molecule has 0 aromatic heterocycles. The molecule has 1 saturated heterocycles. The molecule has 8 heteroatoms. The van der Waals surface area contributed by atoms with Gasteiger partial charge in [0.1, 0.15) is 12.4 Å². The molecule has 7 nitrogen and oxygen atoms in total. The predicted molar refractivity (Wildman–Crippen MR) is 124 cm³/mol. The average Bonchev–Trinajstić information content (AvgIpc) is 3.06. The van der Waals surface area contributed by atoms with Gasteiger partial charge in [0.2, 0.25) is 0 Å². The first-order chi connectivity index (χ1) is 15.5. The summed E-state index contributed by atoms with van der Waals surface area (Å²) >= 11 is 0.921. The number of thioether (sulfide) groups is 1. The van der Waals surface area contributed by atoms with Crippen molar-refractivity contribution in [3.05, 3.63) is 86.8 Å². The van der Waals surface area contributed by atoms with E-state index in [0.29, 0.717) is 34.7 Å². The fraction of sp³-hybridized carbons (Fsp3) is 0.167. The van der Waals surface area contributed by atoms with Gasteiger partial charge in [-0.05, 0) is 46.7 Å². The van der Waals surface area contributed by atoms with Crippen LogP contribution in [-0.4, -0.2) is 27.5 Å². The number of hydrogen-bond donors (Lipinski definition) is 0. The Kier molecular flexibility index (Phi) is 6.23. The van der Waals surface area contributed by atoms with Gasteiger partial charge in [0.25, 0.3) is 16.8 Å². The molecule has 1 fully saturated rings. The third-order valence-corrected chi connectivity index (χ3v) is 5.95. The van der Waals surface area contributed by atoms with E-state index in [1.807, 2.05) is 43.3 Å². The van der Waals surface area contributed by atoms with E-state index in [4.69, 9.17) is 4.74 Å². The van der Waals surface area contributed by atoms with E-state index >= 15 is 0 Å². The molecular weight excluding hydrogens is 428 g/mol. The summed E-state index contributed by atoms with van der Waals surface area (Å²) in [6, 6.07) is 17.7. The number of nitrogens with zero attached hydrogens (tertiary/aromatic N) is 2. The Morgan fingerprint density at radius 1 is 1.09 bits per heavy atom. The Labute approximate surface area is 188 Å². The van der Waals surface area contributed by atoms with Gasteiger partial charge in [-0.1, -0.05) is 49.4 Å². The second kappa shape index (κ2) is 9.23. The van der Waals surface area contributed by atoms with E-state index in [0.717, 1.165) is 22.5 Å². The van der Waals surface area contributed by atoms with Crippen LogP contribution >= 0.6 is 11.8 Å². The largest absolute Gasteiger partial charge is 0.488 e. The second-order valence-corrected chi connectivity index (χ2v) is 8.24. The lowest BCUT2D eigenvalue weighted by Gasteiger charge is -2.13. The second-order valence-electron chi connectivity index (χ2n) is 7.25. The summed E-state index contributed by atoms with van der Waals surface area (Å²) in [7, 11) is 0. The summed E-state index contributed by atoms with van der Waals surface area (Å²) in [5.41, 5.74) is 1.34. The summed E-state index contributed by atoms with van der Waals surface area (Å²) < 4.78 is 6.03. The number of carbonyl (C=O) groups is 2. The van der Waals surface area contributed by atoms with Crippen molar-refractivity contribution in [2.45, 2.75) is 20.0 Å². The fourth-order valence-electron chi connectivity index (χ4n) is 3.52. The van der Waals surface area contributed by atoms with Gasteiger partial charge in [0.05, 0.1) is 9.83 Å². The van der Waals surface area contributed by atoms with E-state index in [1.165, 1.54) is 17.0 Å². The van der Waals surface area contributed by atoms with Gasteiger partial charge < -0.3 is 4.74 Å². The molecule has 162 valence electrons. The van der Waals surface area contributed by atoms with Crippen LogP contribution in [0.2, 0.25) is 0 Å². The zero-order valence-corrected chi connectivity index (χ0v) is 18.1. The third-order valence-electron chi connectivity index (χ3n) is 5.04. The lowest BCUT2D eigenvalue weighted by Crippen LogP contribution is -2.28. The van der Waals surface area contributed by atoms with Gasteiger partial charge in [-0.2, -0.15) is 0 Å². The number of amides is 2. The van der Waals surface area contributed by atoms with Crippen molar-refractivity contribution in [3.8, 4) is 5.75 Å². The number of rotatable bonds is 7. The smallest absolute Gasteiger partial charge is 0.293 e. The summed E-state index contributed by atoms with van der Waals surface area (Å²) in [6.07, 6.45) is 2.39. The van der Waals surface area contributed by atoms with E-state index in [1.54, 1.807) is 18.2 Å². The summed E-state index contributed by atoms with van der Waals surface area (Å²) in [4.78, 5) is 37.2. The molecule has 0 spiro atoms. The third kappa shape index (κ3) is 4.36. The minimum atomic E-state index is -0.447. The summed E-state index contributed by atoms with van der Waals surface area (Å²) in [5, 5.41) is 12.6. The highest BCUT2D eigenvalue weighted by Crippen LogP contribution is 2.37. The van der Waals surface area contributed by atoms with E-state index in [9.17, 15) is 19.7 Å². The number of imide groups is 1. The molecule has 2 amide bonds. The van der Waals surface area contributed by atoms with Crippen LogP contribution in [0.4, 0.5) is 10.5 Å². The molecule has 32 heavy (non-hydrogen) atoms. The highest BCUT2D eigenvalue weighted by Gasteiger charge is 2.34. The van der Waals surface area contributed by atoms with Crippen LogP contribution in [0, 0.1) is 10.1 Å². The number of benzene rings is 3. The zero-order valence-electron chi connectivity index (χ0n) is 17.3. The molecule has 1 heterocycles. The Balaban J connectivity index is 1.71. The van der Waals surface area contributed by atoms with Crippen molar-refractivity contribution in [1.82, 2.24) is 4.90 Å². The molecular formula is C24H20N2O5S. The van der Waals surface area contributed by atoms with Gasteiger partial charge in [-0.3, -0.25) is 24.6 Å². The van der Waals surface area contributed by atoms with E-state index in [2.05, 4.69) is 0 Å². The quantitative estimate of drug-likeness (QED) is 0.259. The van der Waals surface area contributed by atoms with Crippen LogP contribution in [0.25, 0.3) is 16.8 Å². The van der Waals surface area contributed by atoms with Crippen LogP contribution < -0.4 is 4.74 Å². The highest BCUT2D eigenvalue weighted by molar-refractivity contribution is 8.18. The molecule has 0 N–H and O–H groups in total. The van der Waals surface area contributed by atoms with Gasteiger partial charge in [0, 0.05) is 24.2 Å². The maximum Gasteiger partial charge on any atom is 0.293 e. The Hall–Kier alpha value is -3.65. The zero-order chi connectivity index (χ0) is 22.7. The first kappa shape index (κ1) is 21.6. The first-order valence-electron chi connectivity index (χ1n) is 10.1. The Bertz CT molecular complexity index is 1250. The van der Waals surface area contributed by atoms with Crippen LogP contribution in [0.5, 0.6) is 5.75 Å². The highest BCUT2D eigenvalue weighted by atomic mass is 32.2. The first-order valence-corrected chi connectivity index (χ1v) is 10.9. The minimum Gasteiger partial charge on any atom is -0.488 e.